The van der Waals surface area contributed by atoms with Crippen molar-refractivity contribution in [2.24, 2.45) is 0 Å². The molecule has 3 N–H and O–H groups in total. The summed E-state index contributed by atoms with van der Waals surface area (Å²) in [6.45, 7) is 0. The van der Waals surface area contributed by atoms with Crippen LogP contribution in [-0.2, 0) is 6.42 Å². The number of methoxy groups -OCH3 is 1. The van der Waals surface area contributed by atoms with Gasteiger partial charge in [0.1, 0.15) is 5.75 Å². The molecule has 0 bridgehead atoms. The van der Waals surface area contributed by atoms with E-state index in [4.69, 9.17) is 10.5 Å². The van der Waals surface area contributed by atoms with Gasteiger partial charge in [-0.25, -0.2) is 0 Å². The maximum Gasteiger partial charge on any atom is 0.135 e. The van der Waals surface area contributed by atoms with E-state index < -0.39 is 0 Å². The van der Waals surface area contributed by atoms with E-state index in [1.165, 1.54) is 11.1 Å². The predicted octanol–water partition coefficient (Wildman–Crippen LogP) is 4.14. The Hall–Kier alpha value is -1.68. The largest absolute Gasteiger partial charge is 0.495 e. The SMILES string of the molecule is COc1cc(NC2CCc3cc(N)ccc32)ccc1Br. The molecule has 0 saturated carbocycles. The van der Waals surface area contributed by atoms with Crippen LogP contribution in [0.15, 0.2) is 40.9 Å². The lowest BCUT2D eigenvalue weighted by molar-refractivity contribution is 0.412. The van der Waals surface area contributed by atoms with Gasteiger partial charge in [-0.15, -0.1) is 0 Å². The predicted molar refractivity (Wildman–Crippen MR) is 86.2 cm³/mol. The number of ether oxygens (including phenoxy) is 1. The van der Waals surface area contributed by atoms with Gasteiger partial charge in [0.05, 0.1) is 17.6 Å². The van der Waals surface area contributed by atoms with Gasteiger partial charge in [0.2, 0.25) is 0 Å². The molecule has 0 aliphatic heterocycles. The summed E-state index contributed by atoms with van der Waals surface area (Å²) in [5.74, 6) is 0.838. The normalized spacial score (nSPS) is 16.8. The van der Waals surface area contributed by atoms with Crippen molar-refractivity contribution < 1.29 is 4.74 Å². The lowest BCUT2D eigenvalue weighted by Gasteiger charge is -2.16. The minimum atomic E-state index is 0.344. The first-order valence-corrected chi connectivity index (χ1v) is 7.45. The summed E-state index contributed by atoms with van der Waals surface area (Å²) >= 11 is 3.47. The summed E-state index contributed by atoms with van der Waals surface area (Å²) < 4.78 is 6.29. The van der Waals surface area contributed by atoms with Gasteiger partial charge in [0, 0.05) is 17.4 Å². The van der Waals surface area contributed by atoms with Gasteiger partial charge in [-0.3, -0.25) is 0 Å². The number of rotatable bonds is 3. The minimum Gasteiger partial charge on any atom is -0.495 e. The summed E-state index contributed by atoms with van der Waals surface area (Å²) in [7, 11) is 1.68. The Morgan fingerprint density at radius 3 is 2.90 bits per heavy atom. The van der Waals surface area contributed by atoms with E-state index in [2.05, 4.69) is 39.4 Å². The van der Waals surface area contributed by atoms with Crippen LogP contribution < -0.4 is 15.8 Å². The molecule has 0 radical (unpaired) electrons. The zero-order valence-corrected chi connectivity index (χ0v) is 12.9. The van der Waals surface area contributed by atoms with Gasteiger partial charge in [-0.1, -0.05) is 6.07 Å². The zero-order valence-electron chi connectivity index (χ0n) is 11.3. The molecule has 20 heavy (non-hydrogen) atoms. The number of nitrogens with two attached hydrogens (primary N) is 1. The molecule has 0 heterocycles. The second-order valence-electron chi connectivity index (χ2n) is 5.04. The molecule has 2 aromatic carbocycles. The molecule has 0 amide bonds. The van der Waals surface area contributed by atoms with Crippen molar-refractivity contribution in [3.8, 4) is 5.75 Å². The Morgan fingerprint density at radius 1 is 1.25 bits per heavy atom. The summed E-state index contributed by atoms with van der Waals surface area (Å²) in [4.78, 5) is 0. The molecular weight excluding hydrogens is 316 g/mol. The molecule has 0 fully saturated rings. The molecule has 0 saturated heterocycles. The van der Waals surface area contributed by atoms with Crippen LogP contribution in [0.1, 0.15) is 23.6 Å². The number of nitrogen functional groups attached to an aromatic ring is 1. The fourth-order valence-electron chi connectivity index (χ4n) is 2.74. The third-order valence-corrected chi connectivity index (χ3v) is 4.39. The number of anilines is 2. The third-order valence-electron chi connectivity index (χ3n) is 3.74. The lowest BCUT2D eigenvalue weighted by Crippen LogP contribution is -2.07. The van der Waals surface area contributed by atoms with Crippen LogP contribution in [0.3, 0.4) is 0 Å². The Bertz CT molecular complexity index is 642. The molecule has 3 rings (SSSR count). The van der Waals surface area contributed by atoms with Crippen LogP contribution in [0, 0.1) is 0 Å². The quantitative estimate of drug-likeness (QED) is 0.830. The van der Waals surface area contributed by atoms with Gasteiger partial charge in [0.25, 0.3) is 0 Å². The van der Waals surface area contributed by atoms with E-state index in [9.17, 15) is 0 Å². The monoisotopic (exact) mass is 332 g/mol. The van der Waals surface area contributed by atoms with Crippen molar-refractivity contribution >= 4 is 27.3 Å². The number of hydrogen-bond acceptors (Lipinski definition) is 3. The summed E-state index contributed by atoms with van der Waals surface area (Å²) in [5, 5.41) is 3.58. The van der Waals surface area contributed by atoms with Gasteiger partial charge < -0.3 is 15.8 Å². The fraction of sp³-hybridized carbons (Fsp3) is 0.250. The zero-order chi connectivity index (χ0) is 14.1. The minimum absolute atomic E-state index is 0.344. The van der Waals surface area contributed by atoms with Crippen LogP contribution in [0.5, 0.6) is 5.75 Å². The van der Waals surface area contributed by atoms with E-state index in [0.717, 1.165) is 34.4 Å². The Balaban J connectivity index is 1.84. The Kier molecular flexibility index (Phi) is 3.57. The van der Waals surface area contributed by atoms with E-state index in [-0.39, 0.29) is 0 Å². The highest BCUT2D eigenvalue weighted by Crippen LogP contribution is 2.36. The number of benzene rings is 2. The Labute approximate surface area is 127 Å². The summed E-state index contributed by atoms with van der Waals surface area (Å²) in [5.41, 5.74) is 10.5. The van der Waals surface area contributed by atoms with Gasteiger partial charge in [-0.2, -0.15) is 0 Å². The second kappa shape index (κ2) is 5.37. The molecule has 0 aromatic heterocycles. The van der Waals surface area contributed by atoms with Gasteiger partial charge in [0.15, 0.2) is 0 Å². The van der Waals surface area contributed by atoms with E-state index >= 15 is 0 Å². The maximum atomic E-state index is 5.84. The van der Waals surface area contributed by atoms with Crippen molar-refractivity contribution in [2.75, 3.05) is 18.2 Å². The molecule has 4 heteroatoms. The number of fused-ring (bicyclic) bond motifs is 1. The maximum absolute atomic E-state index is 5.84. The molecule has 3 nitrogen and oxygen atoms in total. The molecule has 1 atom stereocenters. The van der Waals surface area contributed by atoms with Gasteiger partial charge >= 0.3 is 0 Å². The topological polar surface area (TPSA) is 47.3 Å². The van der Waals surface area contributed by atoms with Crippen molar-refractivity contribution in [3.05, 3.63) is 52.0 Å². The number of nitrogens with one attached hydrogen (secondary N) is 1. The highest BCUT2D eigenvalue weighted by molar-refractivity contribution is 9.10. The first-order chi connectivity index (χ1) is 9.67. The molecule has 104 valence electrons. The highest BCUT2D eigenvalue weighted by Gasteiger charge is 2.22. The average Bonchev–Trinajstić information content (AvgIpc) is 2.83. The van der Waals surface area contributed by atoms with E-state index in [1.807, 2.05) is 18.2 Å². The highest BCUT2D eigenvalue weighted by atomic mass is 79.9. The molecule has 1 unspecified atom stereocenters. The van der Waals surface area contributed by atoms with E-state index in [0.29, 0.717) is 6.04 Å². The summed E-state index contributed by atoms with van der Waals surface area (Å²) in [6.07, 6.45) is 2.17. The van der Waals surface area contributed by atoms with Crippen LogP contribution in [0.25, 0.3) is 0 Å². The van der Waals surface area contributed by atoms with Crippen LogP contribution in [0.2, 0.25) is 0 Å². The van der Waals surface area contributed by atoms with Crippen LogP contribution >= 0.6 is 15.9 Å². The average molecular weight is 333 g/mol. The molecule has 1 aliphatic carbocycles. The lowest BCUT2D eigenvalue weighted by atomic mass is 10.1. The van der Waals surface area contributed by atoms with Crippen molar-refractivity contribution in [3.63, 3.8) is 0 Å². The van der Waals surface area contributed by atoms with Crippen LogP contribution in [-0.4, -0.2) is 7.11 Å². The standard InChI is InChI=1S/C16H17BrN2O/c1-20-16-9-12(4-6-14(16)17)19-15-7-2-10-8-11(18)3-5-13(10)15/h3-6,8-9,15,19H,2,7,18H2,1H3. The molecule has 0 spiro atoms. The Morgan fingerprint density at radius 2 is 2.10 bits per heavy atom. The summed E-state index contributed by atoms with van der Waals surface area (Å²) in [6, 6.07) is 12.6. The number of halogens is 1. The van der Waals surface area contributed by atoms with Crippen molar-refractivity contribution in [1.82, 2.24) is 0 Å². The van der Waals surface area contributed by atoms with Gasteiger partial charge in [-0.05, 0) is 64.2 Å². The first-order valence-electron chi connectivity index (χ1n) is 6.66. The molecule has 1 aliphatic rings. The third kappa shape index (κ3) is 2.48. The number of aryl methyl sites for hydroxylation is 1. The smallest absolute Gasteiger partial charge is 0.135 e. The van der Waals surface area contributed by atoms with Crippen LogP contribution in [0.4, 0.5) is 11.4 Å². The fourth-order valence-corrected chi connectivity index (χ4v) is 3.15. The molecular formula is C16H17BrN2O. The second-order valence-corrected chi connectivity index (χ2v) is 5.90. The van der Waals surface area contributed by atoms with E-state index in [1.54, 1.807) is 7.11 Å². The van der Waals surface area contributed by atoms with Crippen molar-refractivity contribution in [2.45, 2.75) is 18.9 Å². The first kappa shape index (κ1) is 13.3. The molecule has 2 aromatic rings. The van der Waals surface area contributed by atoms with Crippen molar-refractivity contribution in [1.29, 1.82) is 0 Å². The number of hydrogen-bond donors (Lipinski definition) is 2.